The van der Waals surface area contributed by atoms with Crippen molar-refractivity contribution in [3.63, 3.8) is 0 Å². The van der Waals surface area contributed by atoms with E-state index in [1.54, 1.807) is 0 Å². The Morgan fingerprint density at radius 2 is 1.75 bits per heavy atom. The zero-order valence-electron chi connectivity index (χ0n) is 8.41. The first kappa shape index (κ1) is 8.84. The SMILES string of the molecule is Nc1nnc2ccc(-c3ccccc3)nn12. The number of anilines is 1. The summed E-state index contributed by atoms with van der Waals surface area (Å²) in [6.07, 6.45) is 0. The van der Waals surface area contributed by atoms with Crippen molar-refractivity contribution in [3.8, 4) is 11.3 Å². The molecule has 16 heavy (non-hydrogen) atoms. The summed E-state index contributed by atoms with van der Waals surface area (Å²) in [7, 11) is 0. The van der Waals surface area contributed by atoms with Gasteiger partial charge in [0, 0.05) is 5.56 Å². The summed E-state index contributed by atoms with van der Waals surface area (Å²) < 4.78 is 1.53. The van der Waals surface area contributed by atoms with Crippen molar-refractivity contribution in [1.29, 1.82) is 0 Å². The Balaban J connectivity index is 2.22. The predicted octanol–water partition coefficient (Wildman–Crippen LogP) is 1.37. The summed E-state index contributed by atoms with van der Waals surface area (Å²) in [6.45, 7) is 0. The fraction of sp³-hybridized carbons (Fsp3) is 0. The zero-order chi connectivity index (χ0) is 11.0. The highest BCUT2D eigenvalue weighted by Crippen LogP contribution is 2.16. The van der Waals surface area contributed by atoms with Crippen LogP contribution in [0.4, 0.5) is 5.95 Å². The molecular formula is C11H9N5. The first-order valence-electron chi connectivity index (χ1n) is 4.88. The molecule has 0 radical (unpaired) electrons. The molecule has 78 valence electrons. The van der Waals surface area contributed by atoms with Gasteiger partial charge in [-0.15, -0.1) is 10.2 Å². The summed E-state index contributed by atoms with van der Waals surface area (Å²) in [5, 5.41) is 12.0. The maximum atomic E-state index is 5.65. The first-order valence-corrected chi connectivity index (χ1v) is 4.88. The van der Waals surface area contributed by atoms with E-state index in [-0.39, 0.29) is 0 Å². The highest BCUT2D eigenvalue weighted by molar-refractivity contribution is 5.60. The van der Waals surface area contributed by atoms with E-state index in [0.717, 1.165) is 11.3 Å². The third kappa shape index (κ3) is 1.30. The van der Waals surface area contributed by atoms with Crippen LogP contribution in [0.3, 0.4) is 0 Å². The maximum absolute atomic E-state index is 5.65. The van der Waals surface area contributed by atoms with Gasteiger partial charge in [0.15, 0.2) is 5.65 Å². The van der Waals surface area contributed by atoms with Gasteiger partial charge in [-0.3, -0.25) is 0 Å². The number of hydrogen-bond acceptors (Lipinski definition) is 4. The van der Waals surface area contributed by atoms with Crippen molar-refractivity contribution < 1.29 is 0 Å². The van der Waals surface area contributed by atoms with Gasteiger partial charge < -0.3 is 5.73 Å². The molecule has 0 fully saturated rings. The Hall–Kier alpha value is -2.43. The van der Waals surface area contributed by atoms with E-state index in [1.165, 1.54) is 4.52 Å². The largest absolute Gasteiger partial charge is 0.366 e. The van der Waals surface area contributed by atoms with Crippen molar-refractivity contribution in [2.24, 2.45) is 0 Å². The number of rotatable bonds is 1. The molecule has 0 unspecified atom stereocenters. The molecule has 2 N–H and O–H groups in total. The quantitative estimate of drug-likeness (QED) is 0.660. The average molecular weight is 211 g/mol. The average Bonchev–Trinajstić information content (AvgIpc) is 2.72. The number of fused-ring (bicyclic) bond motifs is 1. The molecule has 2 aromatic heterocycles. The van der Waals surface area contributed by atoms with Gasteiger partial charge in [0.25, 0.3) is 0 Å². The van der Waals surface area contributed by atoms with Gasteiger partial charge in [0.05, 0.1) is 5.69 Å². The van der Waals surface area contributed by atoms with Crippen molar-refractivity contribution in [3.05, 3.63) is 42.5 Å². The molecule has 0 saturated heterocycles. The molecule has 0 atom stereocenters. The lowest BCUT2D eigenvalue weighted by atomic mass is 10.1. The van der Waals surface area contributed by atoms with Crippen LogP contribution in [-0.2, 0) is 0 Å². The smallest absolute Gasteiger partial charge is 0.243 e. The van der Waals surface area contributed by atoms with Gasteiger partial charge in [0.1, 0.15) is 0 Å². The van der Waals surface area contributed by atoms with E-state index in [0.29, 0.717) is 11.6 Å². The minimum Gasteiger partial charge on any atom is -0.366 e. The summed E-state index contributed by atoms with van der Waals surface area (Å²) in [6, 6.07) is 13.6. The number of nitrogen functional groups attached to an aromatic ring is 1. The summed E-state index contributed by atoms with van der Waals surface area (Å²) >= 11 is 0. The molecule has 0 bridgehead atoms. The van der Waals surface area contributed by atoms with Crippen LogP contribution in [0.15, 0.2) is 42.5 Å². The third-order valence-electron chi connectivity index (χ3n) is 2.36. The molecule has 0 spiro atoms. The molecule has 5 heteroatoms. The zero-order valence-corrected chi connectivity index (χ0v) is 8.41. The van der Waals surface area contributed by atoms with Crippen LogP contribution >= 0.6 is 0 Å². The molecule has 1 aromatic carbocycles. The fourth-order valence-corrected chi connectivity index (χ4v) is 1.57. The maximum Gasteiger partial charge on any atom is 0.243 e. The highest BCUT2D eigenvalue weighted by Gasteiger charge is 2.04. The van der Waals surface area contributed by atoms with Crippen LogP contribution in [-0.4, -0.2) is 19.8 Å². The molecule has 3 rings (SSSR count). The topological polar surface area (TPSA) is 69.1 Å². The van der Waals surface area contributed by atoms with Gasteiger partial charge >= 0.3 is 0 Å². The molecule has 0 aliphatic rings. The monoisotopic (exact) mass is 211 g/mol. The summed E-state index contributed by atoms with van der Waals surface area (Å²) in [4.78, 5) is 0. The van der Waals surface area contributed by atoms with Crippen LogP contribution in [0, 0.1) is 0 Å². The molecule has 3 aromatic rings. The molecular weight excluding hydrogens is 202 g/mol. The molecule has 0 saturated carbocycles. The van der Waals surface area contributed by atoms with E-state index >= 15 is 0 Å². The number of hydrogen-bond donors (Lipinski definition) is 1. The van der Waals surface area contributed by atoms with Gasteiger partial charge in [0.2, 0.25) is 5.95 Å². The lowest BCUT2D eigenvalue weighted by Gasteiger charge is -2.00. The van der Waals surface area contributed by atoms with Crippen LogP contribution in [0.25, 0.3) is 16.9 Å². The Morgan fingerprint density at radius 1 is 0.938 bits per heavy atom. The van der Waals surface area contributed by atoms with Crippen LogP contribution in [0.5, 0.6) is 0 Å². The number of aromatic nitrogens is 4. The van der Waals surface area contributed by atoms with Gasteiger partial charge in [-0.2, -0.15) is 9.61 Å². The second-order valence-electron chi connectivity index (χ2n) is 3.41. The van der Waals surface area contributed by atoms with E-state index in [1.807, 2.05) is 42.5 Å². The minimum atomic E-state index is 0.299. The summed E-state index contributed by atoms with van der Waals surface area (Å²) in [5.41, 5.74) is 8.19. The fourth-order valence-electron chi connectivity index (χ4n) is 1.57. The van der Waals surface area contributed by atoms with Crippen LogP contribution in [0.1, 0.15) is 0 Å². The van der Waals surface area contributed by atoms with Gasteiger partial charge in [-0.05, 0) is 12.1 Å². The molecule has 2 heterocycles. The molecule has 0 amide bonds. The standard InChI is InChI=1S/C11H9N5/c12-11-14-13-10-7-6-9(15-16(10)11)8-4-2-1-3-5-8/h1-7H,(H2,12,14). The Morgan fingerprint density at radius 3 is 2.56 bits per heavy atom. The third-order valence-corrected chi connectivity index (χ3v) is 2.36. The molecule has 0 aliphatic heterocycles. The van der Waals surface area contributed by atoms with E-state index in [2.05, 4.69) is 15.3 Å². The molecule has 5 nitrogen and oxygen atoms in total. The first-order chi connectivity index (χ1) is 7.84. The Labute approximate surface area is 91.5 Å². The number of nitrogens with two attached hydrogens (primary N) is 1. The van der Waals surface area contributed by atoms with Gasteiger partial charge in [-0.1, -0.05) is 30.3 Å². The Kier molecular flexibility index (Phi) is 1.83. The summed E-state index contributed by atoms with van der Waals surface area (Å²) in [5.74, 6) is 0.299. The van der Waals surface area contributed by atoms with Crippen LogP contribution < -0.4 is 5.73 Å². The minimum absolute atomic E-state index is 0.299. The lowest BCUT2D eigenvalue weighted by Crippen LogP contribution is -1.99. The van der Waals surface area contributed by atoms with E-state index < -0.39 is 0 Å². The van der Waals surface area contributed by atoms with Crippen molar-refractivity contribution in [2.45, 2.75) is 0 Å². The second kappa shape index (κ2) is 3.30. The lowest BCUT2D eigenvalue weighted by molar-refractivity contribution is 0.946. The van der Waals surface area contributed by atoms with Crippen LogP contribution in [0.2, 0.25) is 0 Å². The normalized spacial score (nSPS) is 10.8. The van der Waals surface area contributed by atoms with E-state index in [4.69, 9.17) is 5.73 Å². The van der Waals surface area contributed by atoms with Gasteiger partial charge in [-0.25, -0.2) is 0 Å². The van der Waals surface area contributed by atoms with E-state index in [9.17, 15) is 0 Å². The molecule has 0 aliphatic carbocycles. The van der Waals surface area contributed by atoms with Crippen molar-refractivity contribution in [1.82, 2.24) is 19.8 Å². The second-order valence-corrected chi connectivity index (χ2v) is 3.41. The van der Waals surface area contributed by atoms with Crippen molar-refractivity contribution >= 4 is 11.6 Å². The number of benzene rings is 1. The Bertz CT molecular complexity index is 629. The number of nitrogens with zero attached hydrogens (tertiary/aromatic N) is 4. The predicted molar refractivity (Wildman–Crippen MR) is 60.6 cm³/mol. The van der Waals surface area contributed by atoms with Crippen molar-refractivity contribution in [2.75, 3.05) is 5.73 Å². The highest BCUT2D eigenvalue weighted by atomic mass is 15.4.